The van der Waals surface area contributed by atoms with E-state index in [4.69, 9.17) is 10.5 Å². The Morgan fingerprint density at radius 1 is 1.58 bits per heavy atom. The predicted molar refractivity (Wildman–Crippen MR) is 75.1 cm³/mol. The fraction of sp³-hybridized carbons (Fsp3) is 0.643. The summed E-state index contributed by atoms with van der Waals surface area (Å²) in [4.78, 5) is 6.70. The number of nitrogens with two attached hydrogens (primary N) is 1. The van der Waals surface area contributed by atoms with Crippen LogP contribution in [0.15, 0.2) is 12.3 Å². The number of nitrogens with zero attached hydrogens (tertiary/aromatic N) is 2. The number of aromatic nitrogens is 1. The van der Waals surface area contributed by atoms with Crippen molar-refractivity contribution >= 4 is 5.82 Å². The van der Waals surface area contributed by atoms with Gasteiger partial charge in [0.05, 0.1) is 18.3 Å². The van der Waals surface area contributed by atoms with E-state index in [1.807, 2.05) is 27.0 Å². The highest BCUT2D eigenvalue weighted by molar-refractivity contribution is 5.48. The molecule has 0 aromatic carbocycles. The number of rotatable bonds is 3. The zero-order valence-electron chi connectivity index (χ0n) is 11.9. The minimum absolute atomic E-state index is 0.0276. The third kappa shape index (κ3) is 3.23. The molecule has 1 fully saturated rings. The fourth-order valence-electron chi connectivity index (χ4n) is 2.62. The predicted octanol–water partition coefficient (Wildman–Crippen LogP) is 0.825. The minimum atomic E-state index is -0.285. The Morgan fingerprint density at radius 2 is 2.32 bits per heavy atom. The molecule has 3 N–H and O–H groups in total. The summed E-state index contributed by atoms with van der Waals surface area (Å²) in [6.45, 7) is 8.06. The van der Waals surface area contributed by atoms with E-state index in [-0.39, 0.29) is 18.3 Å². The van der Waals surface area contributed by atoms with Crippen LogP contribution in [0.5, 0.6) is 0 Å². The minimum Gasteiger partial charge on any atom is -0.394 e. The number of aliphatic hydroxyl groups excluding tert-OH is 1. The number of morpholine rings is 1. The normalized spacial score (nSPS) is 22.6. The second-order valence-corrected chi connectivity index (χ2v) is 5.75. The van der Waals surface area contributed by atoms with E-state index in [9.17, 15) is 5.11 Å². The lowest BCUT2D eigenvalue weighted by atomic mass is 10.0. The van der Waals surface area contributed by atoms with Crippen molar-refractivity contribution in [3.8, 4) is 0 Å². The largest absolute Gasteiger partial charge is 0.394 e. The first-order chi connectivity index (χ1) is 8.95. The number of anilines is 1. The van der Waals surface area contributed by atoms with Crippen molar-refractivity contribution in [3.63, 3.8) is 0 Å². The summed E-state index contributed by atoms with van der Waals surface area (Å²) in [5.41, 5.74) is 7.49. The van der Waals surface area contributed by atoms with Crippen LogP contribution in [0.2, 0.25) is 0 Å². The molecule has 1 unspecified atom stereocenters. The molecule has 1 aliphatic rings. The third-order valence-electron chi connectivity index (χ3n) is 3.33. The molecule has 0 spiro atoms. The number of ether oxygens (including phenoxy) is 1. The van der Waals surface area contributed by atoms with Gasteiger partial charge in [0, 0.05) is 25.8 Å². The molecule has 106 valence electrons. The highest BCUT2D eigenvalue weighted by Crippen LogP contribution is 2.27. The number of hydrogen-bond donors (Lipinski definition) is 2. The standard InChI is InChI=1S/C14H23N3O2/c1-10-4-11(5-15)6-16-13(10)17-7-12(8-18)19-14(2,3)9-17/h4,6,12,18H,5,7-9,15H2,1-3H3. The number of aryl methyl sites for hydroxylation is 1. The van der Waals surface area contributed by atoms with Gasteiger partial charge >= 0.3 is 0 Å². The first-order valence-electron chi connectivity index (χ1n) is 6.64. The van der Waals surface area contributed by atoms with Gasteiger partial charge in [-0.25, -0.2) is 4.98 Å². The first kappa shape index (κ1) is 14.2. The molecule has 0 aliphatic carbocycles. The molecule has 5 nitrogen and oxygen atoms in total. The van der Waals surface area contributed by atoms with E-state index in [1.165, 1.54) is 0 Å². The van der Waals surface area contributed by atoms with Gasteiger partial charge in [0.25, 0.3) is 0 Å². The molecule has 1 aliphatic heterocycles. The van der Waals surface area contributed by atoms with Crippen molar-refractivity contribution in [2.75, 3.05) is 24.6 Å². The fourth-order valence-corrected chi connectivity index (χ4v) is 2.62. The van der Waals surface area contributed by atoms with E-state index in [0.717, 1.165) is 23.5 Å². The SMILES string of the molecule is Cc1cc(CN)cnc1N1CC(CO)OC(C)(C)C1. The molecule has 1 saturated heterocycles. The Kier molecular flexibility index (Phi) is 4.08. The molecule has 0 saturated carbocycles. The topological polar surface area (TPSA) is 71.6 Å². The van der Waals surface area contributed by atoms with Gasteiger partial charge in [-0.2, -0.15) is 0 Å². The molecular weight excluding hydrogens is 242 g/mol. The lowest BCUT2D eigenvalue weighted by molar-refractivity contribution is -0.101. The Morgan fingerprint density at radius 3 is 2.89 bits per heavy atom. The van der Waals surface area contributed by atoms with Gasteiger partial charge in [-0.3, -0.25) is 0 Å². The second-order valence-electron chi connectivity index (χ2n) is 5.75. The lowest BCUT2D eigenvalue weighted by Gasteiger charge is -2.43. The van der Waals surface area contributed by atoms with E-state index in [2.05, 4.69) is 16.0 Å². The van der Waals surface area contributed by atoms with Gasteiger partial charge in [-0.1, -0.05) is 0 Å². The van der Waals surface area contributed by atoms with Crippen LogP contribution in [-0.4, -0.2) is 41.5 Å². The van der Waals surface area contributed by atoms with Crippen LogP contribution in [0.3, 0.4) is 0 Å². The summed E-state index contributed by atoms with van der Waals surface area (Å²) in [5, 5.41) is 9.35. The Hall–Kier alpha value is -1.17. The van der Waals surface area contributed by atoms with E-state index < -0.39 is 0 Å². The maximum absolute atomic E-state index is 9.35. The van der Waals surface area contributed by atoms with Gasteiger partial charge in [-0.15, -0.1) is 0 Å². The maximum Gasteiger partial charge on any atom is 0.131 e. The summed E-state index contributed by atoms with van der Waals surface area (Å²) in [5.74, 6) is 0.951. The molecule has 19 heavy (non-hydrogen) atoms. The van der Waals surface area contributed by atoms with Gasteiger partial charge in [-0.05, 0) is 38.0 Å². The highest BCUT2D eigenvalue weighted by atomic mass is 16.5. The summed E-state index contributed by atoms with van der Waals surface area (Å²) in [6.07, 6.45) is 1.65. The van der Waals surface area contributed by atoms with Gasteiger partial charge < -0.3 is 20.5 Å². The molecule has 1 aromatic rings. The zero-order valence-corrected chi connectivity index (χ0v) is 11.9. The summed E-state index contributed by atoms with van der Waals surface area (Å²) in [6, 6.07) is 2.07. The summed E-state index contributed by atoms with van der Waals surface area (Å²) >= 11 is 0. The van der Waals surface area contributed by atoms with Gasteiger partial charge in [0.15, 0.2) is 0 Å². The van der Waals surface area contributed by atoms with E-state index >= 15 is 0 Å². The molecule has 0 amide bonds. The average molecular weight is 265 g/mol. The Labute approximate surface area is 114 Å². The number of pyridine rings is 1. The van der Waals surface area contributed by atoms with Crippen molar-refractivity contribution in [1.29, 1.82) is 0 Å². The second kappa shape index (κ2) is 5.45. The van der Waals surface area contributed by atoms with Crippen LogP contribution >= 0.6 is 0 Å². The Bertz CT molecular complexity index is 448. The smallest absolute Gasteiger partial charge is 0.131 e. The molecule has 1 aromatic heterocycles. The lowest BCUT2D eigenvalue weighted by Crippen LogP contribution is -2.54. The zero-order chi connectivity index (χ0) is 14.0. The van der Waals surface area contributed by atoms with Crippen molar-refractivity contribution < 1.29 is 9.84 Å². The number of hydrogen-bond acceptors (Lipinski definition) is 5. The number of aliphatic hydroxyl groups is 1. The van der Waals surface area contributed by atoms with Gasteiger partial charge in [0.1, 0.15) is 5.82 Å². The van der Waals surface area contributed by atoms with Gasteiger partial charge in [0.2, 0.25) is 0 Å². The van der Waals surface area contributed by atoms with Crippen molar-refractivity contribution in [2.24, 2.45) is 5.73 Å². The molecular formula is C14H23N3O2. The quantitative estimate of drug-likeness (QED) is 0.847. The molecule has 0 radical (unpaired) electrons. The van der Waals surface area contributed by atoms with Crippen molar-refractivity contribution in [1.82, 2.24) is 4.98 Å². The average Bonchev–Trinajstić information content (AvgIpc) is 2.36. The van der Waals surface area contributed by atoms with Crippen LogP contribution in [0.4, 0.5) is 5.82 Å². The van der Waals surface area contributed by atoms with Crippen LogP contribution in [0.1, 0.15) is 25.0 Å². The monoisotopic (exact) mass is 265 g/mol. The summed E-state index contributed by atoms with van der Waals surface area (Å²) < 4.78 is 5.82. The molecule has 2 heterocycles. The van der Waals surface area contributed by atoms with Crippen LogP contribution in [0.25, 0.3) is 0 Å². The van der Waals surface area contributed by atoms with Crippen LogP contribution in [0, 0.1) is 6.92 Å². The van der Waals surface area contributed by atoms with Crippen molar-refractivity contribution in [3.05, 3.63) is 23.4 Å². The van der Waals surface area contributed by atoms with E-state index in [0.29, 0.717) is 13.1 Å². The summed E-state index contributed by atoms with van der Waals surface area (Å²) in [7, 11) is 0. The Balaban J connectivity index is 2.25. The highest BCUT2D eigenvalue weighted by Gasteiger charge is 2.34. The molecule has 5 heteroatoms. The molecule has 2 rings (SSSR count). The first-order valence-corrected chi connectivity index (χ1v) is 6.64. The third-order valence-corrected chi connectivity index (χ3v) is 3.33. The maximum atomic E-state index is 9.35. The molecule has 0 bridgehead atoms. The van der Waals surface area contributed by atoms with E-state index in [1.54, 1.807) is 0 Å². The van der Waals surface area contributed by atoms with Crippen LogP contribution < -0.4 is 10.6 Å². The van der Waals surface area contributed by atoms with Crippen LogP contribution in [-0.2, 0) is 11.3 Å². The van der Waals surface area contributed by atoms with Crippen molar-refractivity contribution in [2.45, 2.75) is 39.0 Å². The molecule has 1 atom stereocenters.